The van der Waals surface area contributed by atoms with E-state index < -0.39 is 0 Å². The zero-order valence-electron chi connectivity index (χ0n) is 6.57. The summed E-state index contributed by atoms with van der Waals surface area (Å²) in [5.41, 5.74) is 0.814. The third-order valence-electron chi connectivity index (χ3n) is 1.28. The van der Waals surface area contributed by atoms with Gasteiger partial charge in [0.05, 0.1) is 0 Å². The van der Waals surface area contributed by atoms with Gasteiger partial charge >= 0.3 is 0 Å². The molecule has 0 aliphatic rings. The van der Waals surface area contributed by atoms with Crippen molar-refractivity contribution in [1.82, 2.24) is 0 Å². The highest BCUT2D eigenvalue weighted by Crippen LogP contribution is 2.22. The lowest BCUT2D eigenvalue weighted by molar-refractivity contribution is -0.114. The fourth-order valence-corrected chi connectivity index (χ4v) is 1.43. The smallest absolute Gasteiger partial charge is 0.221 e. The van der Waals surface area contributed by atoms with Gasteiger partial charge in [0.15, 0.2) is 0 Å². The molecule has 0 saturated carbocycles. The first-order valence-electron chi connectivity index (χ1n) is 3.41. The van der Waals surface area contributed by atoms with Crippen LogP contribution in [0.5, 0.6) is 0 Å². The van der Waals surface area contributed by atoms with Crippen molar-refractivity contribution in [3.8, 4) is 0 Å². The molecule has 0 spiro atoms. The molecule has 0 heterocycles. The largest absolute Gasteiger partial charge is 0.326 e. The summed E-state index contributed by atoms with van der Waals surface area (Å²) in [4.78, 5) is 11.7. The van der Waals surface area contributed by atoms with Crippen LogP contribution in [-0.2, 0) is 4.79 Å². The van der Waals surface area contributed by atoms with E-state index in [0.29, 0.717) is 0 Å². The van der Waals surface area contributed by atoms with Crippen molar-refractivity contribution in [2.24, 2.45) is 0 Å². The van der Waals surface area contributed by atoms with E-state index in [9.17, 15) is 4.79 Å². The Labute approximate surface area is 80.6 Å². The number of amides is 1. The van der Waals surface area contributed by atoms with E-state index in [-0.39, 0.29) is 5.91 Å². The Kier molecular flexibility index (Phi) is 3.49. The fourth-order valence-electron chi connectivity index (χ4n) is 0.802. The average Bonchev–Trinajstić information content (AvgIpc) is 2.05. The van der Waals surface area contributed by atoms with Gasteiger partial charge in [0.1, 0.15) is 0 Å². The highest BCUT2D eigenvalue weighted by atomic mass is 33.1. The molecule has 0 atom stereocenters. The number of nitrogens with one attached hydrogen (secondary N) is 1. The molecule has 1 aromatic rings. The number of anilines is 1. The second-order valence-electron chi connectivity index (χ2n) is 2.30. The first-order chi connectivity index (χ1) is 5.72. The third kappa shape index (κ3) is 2.79. The van der Waals surface area contributed by atoms with Crippen LogP contribution in [0.15, 0.2) is 29.2 Å². The Hall–Kier alpha value is -0.610. The van der Waals surface area contributed by atoms with E-state index in [1.165, 1.54) is 17.7 Å². The zero-order chi connectivity index (χ0) is 8.97. The van der Waals surface area contributed by atoms with Crippen molar-refractivity contribution in [3.63, 3.8) is 0 Å². The van der Waals surface area contributed by atoms with Crippen LogP contribution in [0.1, 0.15) is 6.92 Å². The number of carbonyl (C=O) groups excluding carboxylic acids is 1. The van der Waals surface area contributed by atoms with Gasteiger partial charge in [0.25, 0.3) is 0 Å². The molecule has 64 valence electrons. The van der Waals surface area contributed by atoms with E-state index in [1.54, 1.807) is 0 Å². The van der Waals surface area contributed by atoms with Gasteiger partial charge in [-0.05, 0) is 24.3 Å². The number of thiol groups is 1. The maximum Gasteiger partial charge on any atom is 0.221 e. The standard InChI is InChI=1S/C8H9NOS2/c1-6(10)9-7-2-4-8(12-11)5-3-7/h2-5,11H,1H3,(H,9,10). The first-order valence-corrected chi connectivity index (χ1v) is 5.28. The molecule has 0 aliphatic heterocycles. The van der Waals surface area contributed by atoms with Crippen molar-refractivity contribution in [2.75, 3.05) is 5.32 Å². The van der Waals surface area contributed by atoms with Gasteiger partial charge in [-0.1, -0.05) is 10.8 Å². The highest BCUT2D eigenvalue weighted by Gasteiger charge is 1.94. The number of rotatable bonds is 2. The minimum Gasteiger partial charge on any atom is -0.326 e. The van der Waals surface area contributed by atoms with Gasteiger partial charge in [0.2, 0.25) is 5.91 Å². The van der Waals surface area contributed by atoms with Crippen LogP contribution in [-0.4, -0.2) is 5.91 Å². The molecule has 12 heavy (non-hydrogen) atoms. The molecule has 0 unspecified atom stereocenters. The van der Waals surface area contributed by atoms with Gasteiger partial charge in [0, 0.05) is 17.5 Å². The Balaban J connectivity index is 2.71. The number of benzene rings is 1. The topological polar surface area (TPSA) is 29.1 Å². The molecule has 0 aliphatic carbocycles. The molecule has 1 N–H and O–H groups in total. The first kappa shape index (κ1) is 9.48. The maximum atomic E-state index is 10.6. The minimum absolute atomic E-state index is 0.0544. The zero-order valence-corrected chi connectivity index (χ0v) is 8.28. The van der Waals surface area contributed by atoms with Crippen LogP contribution in [0, 0.1) is 0 Å². The normalized spacial score (nSPS) is 9.50. The molecular formula is C8H9NOS2. The SMILES string of the molecule is CC(=O)Nc1ccc(SS)cc1. The fraction of sp³-hybridized carbons (Fsp3) is 0.125. The molecule has 1 amide bonds. The molecule has 0 aromatic heterocycles. The number of carbonyl (C=O) groups is 1. The number of hydrogen-bond donors (Lipinski definition) is 2. The van der Waals surface area contributed by atoms with E-state index in [1.807, 2.05) is 24.3 Å². The third-order valence-corrected chi connectivity index (χ3v) is 2.40. The Morgan fingerprint density at radius 1 is 1.42 bits per heavy atom. The summed E-state index contributed by atoms with van der Waals surface area (Å²) in [5.74, 6) is -0.0544. The quantitative estimate of drug-likeness (QED) is 0.566. The Morgan fingerprint density at radius 3 is 2.42 bits per heavy atom. The molecule has 0 bridgehead atoms. The maximum absolute atomic E-state index is 10.6. The van der Waals surface area contributed by atoms with Crippen LogP contribution >= 0.6 is 22.5 Å². The van der Waals surface area contributed by atoms with Crippen LogP contribution < -0.4 is 5.32 Å². The van der Waals surface area contributed by atoms with E-state index >= 15 is 0 Å². The molecule has 0 saturated heterocycles. The Morgan fingerprint density at radius 2 is 2.00 bits per heavy atom. The van der Waals surface area contributed by atoms with Gasteiger partial charge in [-0.3, -0.25) is 4.79 Å². The molecule has 2 nitrogen and oxygen atoms in total. The number of hydrogen-bond acceptors (Lipinski definition) is 3. The second kappa shape index (κ2) is 4.42. The average molecular weight is 199 g/mol. The van der Waals surface area contributed by atoms with Gasteiger partial charge in [-0.25, -0.2) is 0 Å². The lowest BCUT2D eigenvalue weighted by Gasteiger charge is -2.01. The molecule has 1 rings (SSSR count). The van der Waals surface area contributed by atoms with Crippen molar-refractivity contribution in [1.29, 1.82) is 0 Å². The van der Waals surface area contributed by atoms with Crippen LogP contribution in [0.4, 0.5) is 5.69 Å². The minimum atomic E-state index is -0.0544. The van der Waals surface area contributed by atoms with E-state index in [2.05, 4.69) is 17.0 Å². The summed E-state index contributed by atoms with van der Waals surface area (Å²) < 4.78 is 0. The summed E-state index contributed by atoms with van der Waals surface area (Å²) in [6.45, 7) is 1.49. The Bertz CT molecular complexity index is 271. The van der Waals surface area contributed by atoms with Crippen LogP contribution in [0.2, 0.25) is 0 Å². The van der Waals surface area contributed by atoms with E-state index in [4.69, 9.17) is 0 Å². The van der Waals surface area contributed by atoms with Gasteiger partial charge < -0.3 is 5.32 Å². The molecule has 4 heteroatoms. The van der Waals surface area contributed by atoms with Crippen molar-refractivity contribution in [2.45, 2.75) is 11.8 Å². The lowest BCUT2D eigenvalue weighted by Crippen LogP contribution is -2.05. The van der Waals surface area contributed by atoms with Gasteiger partial charge in [-0.15, -0.1) is 11.7 Å². The molecular weight excluding hydrogens is 190 g/mol. The van der Waals surface area contributed by atoms with Crippen molar-refractivity contribution in [3.05, 3.63) is 24.3 Å². The summed E-state index contributed by atoms with van der Waals surface area (Å²) in [6.07, 6.45) is 0. The van der Waals surface area contributed by atoms with Gasteiger partial charge in [-0.2, -0.15) is 0 Å². The summed E-state index contributed by atoms with van der Waals surface area (Å²) >= 11 is 4.04. The molecule has 0 fully saturated rings. The predicted molar refractivity (Wildman–Crippen MR) is 55.6 cm³/mol. The van der Waals surface area contributed by atoms with Crippen LogP contribution in [0.3, 0.4) is 0 Å². The lowest BCUT2D eigenvalue weighted by atomic mass is 10.3. The van der Waals surface area contributed by atoms with E-state index in [0.717, 1.165) is 10.6 Å². The highest BCUT2D eigenvalue weighted by molar-refractivity contribution is 8.68. The van der Waals surface area contributed by atoms with Crippen molar-refractivity contribution >= 4 is 34.0 Å². The molecule has 1 aromatic carbocycles. The van der Waals surface area contributed by atoms with Crippen LogP contribution in [0.25, 0.3) is 0 Å². The molecule has 0 radical (unpaired) electrons. The monoisotopic (exact) mass is 199 g/mol. The predicted octanol–water partition coefficient (Wildman–Crippen LogP) is 2.58. The second-order valence-corrected chi connectivity index (χ2v) is 3.50. The van der Waals surface area contributed by atoms with Crippen molar-refractivity contribution < 1.29 is 4.79 Å². The summed E-state index contributed by atoms with van der Waals surface area (Å²) in [7, 11) is 1.38. The summed E-state index contributed by atoms with van der Waals surface area (Å²) in [6, 6.07) is 7.51. The summed E-state index contributed by atoms with van der Waals surface area (Å²) in [5, 5.41) is 2.68.